The molecule has 2 rings (SSSR count). The molecule has 1 fully saturated rings. The molecule has 2 N–H and O–H groups in total. The summed E-state index contributed by atoms with van der Waals surface area (Å²) in [6, 6.07) is 0. The molecule has 88 valence electrons. The molecule has 0 amide bonds. The fourth-order valence-electron chi connectivity index (χ4n) is 1.94. The maximum Gasteiger partial charge on any atom is 0.266 e. The fourth-order valence-corrected chi connectivity index (χ4v) is 2.52. The summed E-state index contributed by atoms with van der Waals surface area (Å²) < 4.78 is 0.662. The van der Waals surface area contributed by atoms with Crippen LogP contribution in [0.25, 0.3) is 0 Å². The Balaban J connectivity index is 2.43. The molecule has 1 saturated heterocycles. The molecule has 2 heterocycles. The van der Waals surface area contributed by atoms with Crippen molar-refractivity contribution in [2.45, 2.75) is 19.4 Å². The van der Waals surface area contributed by atoms with Crippen LogP contribution < -0.4 is 15.8 Å². The molecule has 0 atom stereocenters. The van der Waals surface area contributed by atoms with Gasteiger partial charge in [-0.15, -0.1) is 0 Å². The minimum Gasteiger partial charge on any atom is -0.348 e. The third-order valence-electron chi connectivity index (χ3n) is 2.83. The second-order valence-electron chi connectivity index (χ2n) is 4.51. The van der Waals surface area contributed by atoms with Gasteiger partial charge in [-0.05, 0) is 36.4 Å². The molecule has 6 heteroatoms. The summed E-state index contributed by atoms with van der Waals surface area (Å²) in [5, 5.41) is 3.35. The maximum atomic E-state index is 11.5. The minimum atomic E-state index is -0.0695. The molecule has 16 heavy (non-hydrogen) atoms. The van der Waals surface area contributed by atoms with Crippen LogP contribution in [0.2, 0.25) is 0 Å². The van der Waals surface area contributed by atoms with E-state index in [9.17, 15) is 4.79 Å². The van der Waals surface area contributed by atoms with Gasteiger partial charge < -0.3 is 15.2 Å². The van der Waals surface area contributed by atoms with Gasteiger partial charge in [0.15, 0.2) is 0 Å². The van der Waals surface area contributed by atoms with E-state index >= 15 is 0 Å². The van der Waals surface area contributed by atoms with Crippen LogP contribution in [0.4, 0.5) is 5.82 Å². The summed E-state index contributed by atoms with van der Waals surface area (Å²) in [6.45, 7) is 7.00. The number of halogens is 1. The van der Waals surface area contributed by atoms with Crippen LogP contribution in [-0.4, -0.2) is 35.1 Å². The van der Waals surface area contributed by atoms with Crippen molar-refractivity contribution >= 4 is 28.4 Å². The normalized spacial score (nSPS) is 19.8. The van der Waals surface area contributed by atoms with E-state index < -0.39 is 0 Å². The van der Waals surface area contributed by atoms with Crippen LogP contribution >= 0.6 is 22.6 Å². The lowest BCUT2D eigenvalue weighted by Crippen LogP contribution is -2.58. The van der Waals surface area contributed by atoms with Crippen LogP contribution in [0.15, 0.2) is 11.1 Å². The van der Waals surface area contributed by atoms with Crippen molar-refractivity contribution in [3.63, 3.8) is 0 Å². The highest BCUT2D eigenvalue weighted by molar-refractivity contribution is 14.1. The largest absolute Gasteiger partial charge is 0.348 e. The summed E-state index contributed by atoms with van der Waals surface area (Å²) in [6.07, 6.45) is 1.47. The van der Waals surface area contributed by atoms with E-state index in [0.717, 1.165) is 25.5 Å². The molecule has 1 aliphatic heterocycles. The third kappa shape index (κ3) is 2.08. The van der Waals surface area contributed by atoms with E-state index in [0.29, 0.717) is 3.57 Å². The maximum absolute atomic E-state index is 11.5. The van der Waals surface area contributed by atoms with E-state index in [1.807, 2.05) is 0 Å². The Kier molecular flexibility index (Phi) is 3.20. The Hall–Kier alpha value is -0.630. The zero-order chi connectivity index (χ0) is 11.8. The standard InChI is InChI=1S/C10H15IN4O/c1-10(2)5-12-3-4-15(10)8-7(11)9(16)14-6-13-8/h6,12H,3-5H2,1-2H3,(H,13,14,16). The van der Waals surface area contributed by atoms with Gasteiger partial charge in [0.1, 0.15) is 9.39 Å². The van der Waals surface area contributed by atoms with Crippen LogP contribution in [0.3, 0.4) is 0 Å². The number of H-pyrrole nitrogens is 1. The van der Waals surface area contributed by atoms with Gasteiger partial charge in [0.25, 0.3) is 5.56 Å². The molecule has 1 aliphatic rings. The topological polar surface area (TPSA) is 61.0 Å². The van der Waals surface area contributed by atoms with Crippen molar-refractivity contribution in [3.8, 4) is 0 Å². The summed E-state index contributed by atoms with van der Waals surface area (Å²) in [7, 11) is 0. The molecule has 0 radical (unpaired) electrons. The lowest BCUT2D eigenvalue weighted by Gasteiger charge is -2.43. The monoisotopic (exact) mass is 334 g/mol. The van der Waals surface area contributed by atoms with Crippen molar-refractivity contribution in [3.05, 3.63) is 20.3 Å². The number of anilines is 1. The Morgan fingerprint density at radius 2 is 2.31 bits per heavy atom. The van der Waals surface area contributed by atoms with Crippen LogP contribution in [0, 0.1) is 3.57 Å². The highest BCUT2D eigenvalue weighted by Crippen LogP contribution is 2.25. The van der Waals surface area contributed by atoms with Gasteiger partial charge >= 0.3 is 0 Å². The lowest BCUT2D eigenvalue weighted by atomic mass is 10.0. The third-order valence-corrected chi connectivity index (χ3v) is 3.81. The van der Waals surface area contributed by atoms with E-state index in [-0.39, 0.29) is 11.1 Å². The van der Waals surface area contributed by atoms with Crippen LogP contribution in [0.1, 0.15) is 13.8 Å². The van der Waals surface area contributed by atoms with E-state index in [4.69, 9.17) is 0 Å². The van der Waals surface area contributed by atoms with Gasteiger partial charge in [0, 0.05) is 25.2 Å². The van der Waals surface area contributed by atoms with Crippen LogP contribution in [0.5, 0.6) is 0 Å². The number of aromatic nitrogens is 2. The molecule has 1 aromatic rings. The van der Waals surface area contributed by atoms with E-state index in [2.05, 4.69) is 56.6 Å². The second-order valence-corrected chi connectivity index (χ2v) is 5.59. The zero-order valence-corrected chi connectivity index (χ0v) is 11.5. The second kappa shape index (κ2) is 4.33. The van der Waals surface area contributed by atoms with Crippen LogP contribution in [-0.2, 0) is 0 Å². The smallest absolute Gasteiger partial charge is 0.266 e. The average molecular weight is 334 g/mol. The Labute approximate surface area is 108 Å². The number of piperazine rings is 1. The molecule has 0 unspecified atom stereocenters. The lowest BCUT2D eigenvalue weighted by molar-refractivity contribution is 0.377. The van der Waals surface area contributed by atoms with Gasteiger partial charge in [0.2, 0.25) is 0 Å². The number of hydrogen-bond acceptors (Lipinski definition) is 4. The number of rotatable bonds is 1. The highest BCUT2D eigenvalue weighted by atomic mass is 127. The van der Waals surface area contributed by atoms with Crippen molar-refractivity contribution in [2.75, 3.05) is 24.5 Å². The van der Waals surface area contributed by atoms with Gasteiger partial charge in [-0.1, -0.05) is 0 Å². The van der Waals surface area contributed by atoms with Crippen molar-refractivity contribution < 1.29 is 0 Å². The van der Waals surface area contributed by atoms with Gasteiger partial charge in [-0.2, -0.15) is 0 Å². The average Bonchev–Trinajstić information content (AvgIpc) is 2.22. The molecule has 0 bridgehead atoms. The zero-order valence-electron chi connectivity index (χ0n) is 9.38. The molecule has 5 nitrogen and oxygen atoms in total. The number of nitrogens with one attached hydrogen (secondary N) is 2. The highest BCUT2D eigenvalue weighted by Gasteiger charge is 2.32. The van der Waals surface area contributed by atoms with Crippen molar-refractivity contribution in [2.24, 2.45) is 0 Å². The van der Waals surface area contributed by atoms with E-state index in [1.165, 1.54) is 6.33 Å². The van der Waals surface area contributed by atoms with Gasteiger partial charge in [-0.3, -0.25) is 4.79 Å². The van der Waals surface area contributed by atoms with Crippen molar-refractivity contribution in [1.82, 2.24) is 15.3 Å². The predicted molar refractivity (Wildman–Crippen MR) is 71.9 cm³/mol. The molecule has 0 saturated carbocycles. The van der Waals surface area contributed by atoms with Gasteiger partial charge in [0.05, 0.1) is 6.33 Å². The first-order valence-corrected chi connectivity index (χ1v) is 6.32. The summed E-state index contributed by atoms with van der Waals surface area (Å²) in [4.78, 5) is 20.6. The first kappa shape index (κ1) is 11.8. The summed E-state index contributed by atoms with van der Waals surface area (Å²) in [5.74, 6) is 0.788. The first-order valence-electron chi connectivity index (χ1n) is 5.24. The summed E-state index contributed by atoms with van der Waals surface area (Å²) >= 11 is 2.06. The molecule has 1 aromatic heterocycles. The molecular weight excluding hydrogens is 319 g/mol. The molecule has 0 aliphatic carbocycles. The Morgan fingerprint density at radius 1 is 1.56 bits per heavy atom. The van der Waals surface area contributed by atoms with Crippen molar-refractivity contribution in [1.29, 1.82) is 0 Å². The predicted octanol–water partition coefficient (Wildman–Crippen LogP) is 0.563. The molecule has 0 aromatic carbocycles. The Bertz CT molecular complexity index is 443. The van der Waals surface area contributed by atoms with Gasteiger partial charge in [-0.25, -0.2) is 4.98 Å². The fraction of sp³-hybridized carbons (Fsp3) is 0.600. The SMILES string of the molecule is CC1(C)CNCCN1c1nc[nH]c(=O)c1I. The Morgan fingerprint density at radius 3 is 3.00 bits per heavy atom. The summed E-state index contributed by atoms with van der Waals surface area (Å²) in [5.41, 5.74) is -0.0844. The number of nitrogens with zero attached hydrogens (tertiary/aromatic N) is 2. The molecular formula is C10H15IN4O. The minimum absolute atomic E-state index is 0.0149. The molecule has 0 spiro atoms. The quantitative estimate of drug-likeness (QED) is 0.737. The number of aromatic amines is 1. The number of hydrogen-bond donors (Lipinski definition) is 2. The van der Waals surface area contributed by atoms with E-state index in [1.54, 1.807) is 0 Å². The first-order chi connectivity index (χ1) is 7.52.